The molecule has 1 saturated heterocycles. The number of nitrogens with zero attached hydrogens (tertiary/aromatic N) is 1. The summed E-state index contributed by atoms with van der Waals surface area (Å²) in [5, 5.41) is 10.7. The predicted molar refractivity (Wildman–Crippen MR) is 96.1 cm³/mol. The number of rotatable bonds is 6. The summed E-state index contributed by atoms with van der Waals surface area (Å²) in [6.45, 7) is 0.557. The van der Waals surface area contributed by atoms with Crippen LogP contribution < -0.4 is 4.72 Å². The lowest BCUT2D eigenvalue weighted by Crippen LogP contribution is -2.33. The van der Waals surface area contributed by atoms with Gasteiger partial charge >= 0.3 is 5.97 Å². The number of hydrogen-bond donors (Lipinski definition) is 2. The van der Waals surface area contributed by atoms with Crippen molar-refractivity contribution in [3.05, 3.63) is 42.5 Å². The van der Waals surface area contributed by atoms with Gasteiger partial charge in [-0.25, -0.2) is 13.1 Å². The summed E-state index contributed by atoms with van der Waals surface area (Å²) in [5.74, 6) is -1.68. The van der Waals surface area contributed by atoms with Crippen molar-refractivity contribution < 1.29 is 23.1 Å². The summed E-state index contributed by atoms with van der Waals surface area (Å²) in [6, 6.07) is 12.3. The van der Waals surface area contributed by atoms with Crippen molar-refractivity contribution >= 4 is 32.7 Å². The Morgan fingerprint density at radius 2 is 1.88 bits per heavy atom. The number of aliphatic carboxylic acids is 1. The van der Waals surface area contributed by atoms with E-state index in [1.807, 2.05) is 24.3 Å². The molecule has 1 amide bonds. The van der Waals surface area contributed by atoms with Gasteiger partial charge in [0.1, 0.15) is 0 Å². The van der Waals surface area contributed by atoms with Crippen molar-refractivity contribution in [2.24, 2.45) is 5.92 Å². The van der Waals surface area contributed by atoms with Crippen LogP contribution in [-0.2, 0) is 19.6 Å². The molecular formula is C18H20N2O5S. The fourth-order valence-corrected chi connectivity index (χ4v) is 4.12. The summed E-state index contributed by atoms with van der Waals surface area (Å²) in [6.07, 6.45) is 0.434. The van der Waals surface area contributed by atoms with E-state index in [1.165, 1.54) is 11.0 Å². The second-order valence-corrected chi connectivity index (χ2v) is 8.09. The Bertz CT molecular complexity index is 942. The Morgan fingerprint density at radius 1 is 1.15 bits per heavy atom. The number of fused-ring (bicyclic) bond motifs is 1. The molecule has 7 nitrogen and oxygen atoms in total. The standard InChI is InChI=1S/C18H20N2O5S/c21-17(20-10-8-15(12-20)18(22)23)7-9-19-26(24,25)16-6-5-13-3-1-2-4-14(13)11-16/h1-6,11,15,19H,7-10,12H2,(H,22,23). The largest absolute Gasteiger partial charge is 0.481 e. The highest BCUT2D eigenvalue weighted by molar-refractivity contribution is 7.89. The number of nitrogens with one attached hydrogen (secondary N) is 1. The molecule has 138 valence electrons. The lowest BCUT2D eigenvalue weighted by molar-refractivity contribution is -0.141. The highest BCUT2D eigenvalue weighted by atomic mass is 32.2. The van der Waals surface area contributed by atoms with Gasteiger partial charge in [-0.05, 0) is 29.3 Å². The molecule has 0 aliphatic carbocycles. The fourth-order valence-electron chi connectivity index (χ4n) is 3.06. The maximum Gasteiger partial charge on any atom is 0.308 e. The third-order valence-corrected chi connectivity index (χ3v) is 6.01. The van der Waals surface area contributed by atoms with E-state index in [0.717, 1.165) is 10.8 Å². The minimum atomic E-state index is -3.71. The first-order chi connectivity index (χ1) is 12.4. The molecule has 0 saturated carbocycles. The second kappa shape index (κ2) is 7.43. The summed E-state index contributed by atoms with van der Waals surface area (Å²) in [4.78, 5) is 24.7. The number of likely N-dealkylation sites (tertiary alicyclic amines) is 1. The van der Waals surface area contributed by atoms with Crippen molar-refractivity contribution in [3.63, 3.8) is 0 Å². The average molecular weight is 376 g/mol. The van der Waals surface area contributed by atoms with Gasteiger partial charge in [0.05, 0.1) is 10.8 Å². The van der Waals surface area contributed by atoms with Gasteiger partial charge in [-0.15, -0.1) is 0 Å². The second-order valence-electron chi connectivity index (χ2n) is 6.32. The van der Waals surface area contributed by atoms with Gasteiger partial charge in [-0.1, -0.05) is 30.3 Å². The molecule has 3 rings (SSSR count). The number of carboxylic acid groups (broad SMARTS) is 1. The van der Waals surface area contributed by atoms with E-state index in [4.69, 9.17) is 5.11 Å². The molecule has 2 N–H and O–H groups in total. The number of carbonyl (C=O) groups is 2. The fraction of sp³-hybridized carbons (Fsp3) is 0.333. The van der Waals surface area contributed by atoms with E-state index in [1.54, 1.807) is 12.1 Å². The number of carbonyl (C=O) groups excluding carboxylic acids is 1. The van der Waals surface area contributed by atoms with Crippen LogP contribution in [0.4, 0.5) is 0 Å². The van der Waals surface area contributed by atoms with Crippen LogP contribution >= 0.6 is 0 Å². The third-order valence-electron chi connectivity index (χ3n) is 4.55. The normalized spacial score (nSPS) is 17.5. The van der Waals surface area contributed by atoms with Gasteiger partial charge in [0, 0.05) is 26.1 Å². The zero-order chi connectivity index (χ0) is 18.7. The quantitative estimate of drug-likeness (QED) is 0.794. The molecule has 2 aromatic rings. The van der Waals surface area contributed by atoms with Gasteiger partial charge < -0.3 is 10.0 Å². The monoisotopic (exact) mass is 376 g/mol. The van der Waals surface area contributed by atoms with E-state index in [0.29, 0.717) is 13.0 Å². The van der Waals surface area contributed by atoms with Crippen LogP contribution in [-0.4, -0.2) is 49.9 Å². The molecule has 2 aromatic carbocycles. The first kappa shape index (κ1) is 18.3. The molecule has 0 bridgehead atoms. The number of hydrogen-bond acceptors (Lipinski definition) is 4. The van der Waals surface area contributed by atoms with Crippen LogP contribution in [0.2, 0.25) is 0 Å². The van der Waals surface area contributed by atoms with Crippen molar-refractivity contribution in [1.29, 1.82) is 0 Å². The third kappa shape index (κ3) is 4.03. The summed E-state index contributed by atoms with van der Waals surface area (Å²) in [7, 11) is -3.71. The molecule has 1 atom stereocenters. The SMILES string of the molecule is O=C(O)C1CCN(C(=O)CCNS(=O)(=O)c2ccc3ccccc3c2)C1. The van der Waals surface area contributed by atoms with E-state index in [9.17, 15) is 18.0 Å². The summed E-state index contributed by atoms with van der Waals surface area (Å²) < 4.78 is 27.2. The van der Waals surface area contributed by atoms with Crippen molar-refractivity contribution in [2.75, 3.05) is 19.6 Å². The number of amides is 1. The Labute approximate surface area is 151 Å². The predicted octanol–water partition coefficient (Wildman–Crippen LogP) is 1.44. The van der Waals surface area contributed by atoms with E-state index >= 15 is 0 Å². The molecule has 1 aliphatic rings. The lowest BCUT2D eigenvalue weighted by atomic mass is 10.1. The van der Waals surface area contributed by atoms with Crippen molar-refractivity contribution in [1.82, 2.24) is 9.62 Å². The lowest BCUT2D eigenvalue weighted by Gasteiger charge is -2.16. The Morgan fingerprint density at radius 3 is 2.58 bits per heavy atom. The average Bonchev–Trinajstić information content (AvgIpc) is 3.11. The molecule has 0 spiro atoms. The number of benzene rings is 2. The van der Waals surface area contributed by atoms with Crippen molar-refractivity contribution in [3.8, 4) is 0 Å². The van der Waals surface area contributed by atoms with Gasteiger partial charge in [-0.3, -0.25) is 9.59 Å². The number of sulfonamides is 1. The van der Waals surface area contributed by atoms with E-state index < -0.39 is 21.9 Å². The first-order valence-corrected chi connectivity index (χ1v) is 9.84. The van der Waals surface area contributed by atoms with Crippen molar-refractivity contribution in [2.45, 2.75) is 17.7 Å². The van der Waals surface area contributed by atoms with Crippen LogP contribution in [0, 0.1) is 5.92 Å². The Hall–Kier alpha value is -2.45. The van der Waals surface area contributed by atoms with Gasteiger partial charge in [0.15, 0.2) is 0 Å². The minimum absolute atomic E-state index is 0.000843. The molecular weight excluding hydrogens is 356 g/mol. The molecule has 26 heavy (non-hydrogen) atoms. The highest BCUT2D eigenvalue weighted by Gasteiger charge is 2.30. The smallest absolute Gasteiger partial charge is 0.308 e. The van der Waals surface area contributed by atoms with Crippen LogP contribution in [0.5, 0.6) is 0 Å². The van der Waals surface area contributed by atoms with Gasteiger partial charge in [0.2, 0.25) is 15.9 Å². The molecule has 1 unspecified atom stereocenters. The maximum absolute atomic E-state index is 12.4. The van der Waals surface area contributed by atoms with Crippen LogP contribution in [0.3, 0.4) is 0 Å². The van der Waals surface area contributed by atoms with E-state index in [-0.39, 0.29) is 30.3 Å². The molecule has 8 heteroatoms. The van der Waals surface area contributed by atoms with Crippen LogP contribution in [0.1, 0.15) is 12.8 Å². The van der Waals surface area contributed by atoms with Crippen LogP contribution in [0.15, 0.2) is 47.4 Å². The van der Waals surface area contributed by atoms with E-state index in [2.05, 4.69) is 4.72 Å². The molecule has 1 heterocycles. The van der Waals surface area contributed by atoms with Gasteiger partial charge in [-0.2, -0.15) is 0 Å². The molecule has 0 aromatic heterocycles. The molecule has 1 aliphatic heterocycles. The summed E-state index contributed by atoms with van der Waals surface area (Å²) in [5.41, 5.74) is 0. The van der Waals surface area contributed by atoms with Crippen LogP contribution in [0.25, 0.3) is 10.8 Å². The highest BCUT2D eigenvalue weighted by Crippen LogP contribution is 2.19. The Kier molecular flexibility index (Phi) is 5.24. The maximum atomic E-state index is 12.4. The summed E-state index contributed by atoms with van der Waals surface area (Å²) >= 11 is 0. The topological polar surface area (TPSA) is 104 Å². The van der Waals surface area contributed by atoms with Gasteiger partial charge in [0.25, 0.3) is 0 Å². The first-order valence-electron chi connectivity index (χ1n) is 8.36. The minimum Gasteiger partial charge on any atom is -0.481 e. The molecule has 0 radical (unpaired) electrons. The zero-order valence-corrected chi connectivity index (χ0v) is 14.9. The number of carboxylic acids is 1. The zero-order valence-electron chi connectivity index (χ0n) is 14.1. The molecule has 1 fully saturated rings. The Balaban J connectivity index is 1.58.